The minimum atomic E-state index is -0.502. The van der Waals surface area contributed by atoms with Crippen molar-refractivity contribution in [1.29, 1.82) is 0 Å². The maximum Gasteiger partial charge on any atom is 0.341 e. The molecule has 7 heteroatoms. The van der Waals surface area contributed by atoms with Crippen molar-refractivity contribution in [3.63, 3.8) is 0 Å². The van der Waals surface area contributed by atoms with Crippen LogP contribution in [0.5, 0.6) is 5.75 Å². The van der Waals surface area contributed by atoms with Gasteiger partial charge in [0.1, 0.15) is 16.3 Å². The van der Waals surface area contributed by atoms with Gasteiger partial charge in [-0.1, -0.05) is 49.7 Å². The maximum absolute atomic E-state index is 12.6. The number of esters is 1. The number of rotatable bonds is 9. The van der Waals surface area contributed by atoms with E-state index in [2.05, 4.69) is 31.3 Å². The highest BCUT2D eigenvalue weighted by Crippen LogP contribution is 2.41. The smallest absolute Gasteiger partial charge is 0.341 e. The van der Waals surface area contributed by atoms with Gasteiger partial charge in [0, 0.05) is 21.9 Å². The fourth-order valence-electron chi connectivity index (χ4n) is 3.48. The second-order valence-electron chi connectivity index (χ2n) is 7.96. The van der Waals surface area contributed by atoms with E-state index >= 15 is 0 Å². The van der Waals surface area contributed by atoms with Crippen LogP contribution in [0.2, 0.25) is 5.02 Å². The summed E-state index contributed by atoms with van der Waals surface area (Å²) in [6.07, 6.45) is 0.824. The first-order chi connectivity index (χ1) is 15.8. The number of anilines is 1. The molecule has 1 aromatic heterocycles. The Kier molecular flexibility index (Phi) is 8.53. The Morgan fingerprint density at radius 3 is 2.48 bits per heavy atom. The third kappa shape index (κ3) is 6.36. The summed E-state index contributed by atoms with van der Waals surface area (Å²) in [6, 6.07) is 15.3. The Balaban J connectivity index is 1.64. The van der Waals surface area contributed by atoms with Crippen LogP contribution in [0.15, 0.2) is 48.5 Å². The number of carbonyl (C=O) groups is 2. The zero-order valence-electron chi connectivity index (χ0n) is 19.2. The third-order valence-corrected chi connectivity index (χ3v) is 6.46. The standard InChI is InChI=1S/C26H28ClNO4S/c1-16(2)18-10-12-21(13-11-18)32-14-6-9-22(29)28-25-24(26(30)31-4)23(17(3)33-25)19-7-5-8-20(27)15-19/h5,7-8,10-13,15-16H,6,9,14H2,1-4H3,(H,28,29). The van der Waals surface area contributed by atoms with Crippen molar-refractivity contribution >= 4 is 39.8 Å². The number of halogens is 1. The number of hydrogen-bond acceptors (Lipinski definition) is 5. The Morgan fingerprint density at radius 1 is 1.12 bits per heavy atom. The molecule has 0 saturated carbocycles. The number of carbonyl (C=O) groups excluding carboxylic acids is 2. The van der Waals surface area contributed by atoms with Crippen molar-refractivity contribution in [3.05, 3.63) is 69.6 Å². The van der Waals surface area contributed by atoms with Crippen LogP contribution < -0.4 is 10.1 Å². The zero-order chi connectivity index (χ0) is 24.0. The number of methoxy groups -OCH3 is 1. The van der Waals surface area contributed by atoms with E-state index in [1.54, 1.807) is 12.1 Å². The number of aryl methyl sites for hydroxylation is 1. The SMILES string of the molecule is COC(=O)c1c(NC(=O)CCCOc2ccc(C(C)C)cc2)sc(C)c1-c1cccc(Cl)c1. The van der Waals surface area contributed by atoms with Crippen molar-refractivity contribution in [3.8, 4) is 16.9 Å². The quantitative estimate of drug-likeness (QED) is 0.259. The molecule has 0 aliphatic rings. The second-order valence-corrected chi connectivity index (χ2v) is 9.62. The molecule has 33 heavy (non-hydrogen) atoms. The van der Waals surface area contributed by atoms with Gasteiger partial charge in [-0.2, -0.15) is 0 Å². The van der Waals surface area contributed by atoms with Gasteiger partial charge in [-0.3, -0.25) is 4.79 Å². The number of nitrogens with one attached hydrogen (secondary N) is 1. The lowest BCUT2D eigenvalue weighted by Gasteiger charge is -2.10. The summed E-state index contributed by atoms with van der Waals surface area (Å²) in [4.78, 5) is 26.0. The lowest BCUT2D eigenvalue weighted by atomic mass is 10.0. The van der Waals surface area contributed by atoms with E-state index in [4.69, 9.17) is 21.1 Å². The van der Waals surface area contributed by atoms with E-state index in [0.717, 1.165) is 21.8 Å². The highest BCUT2D eigenvalue weighted by Gasteiger charge is 2.25. The predicted molar refractivity (Wildman–Crippen MR) is 135 cm³/mol. The van der Waals surface area contributed by atoms with Crippen molar-refractivity contribution < 1.29 is 19.1 Å². The Labute approximate surface area is 203 Å². The first-order valence-corrected chi connectivity index (χ1v) is 12.0. The molecule has 174 valence electrons. The van der Waals surface area contributed by atoms with Crippen LogP contribution in [0, 0.1) is 6.92 Å². The summed E-state index contributed by atoms with van der Waals surface area (Å²) in [5.74, 6) is 0.571. The van der Waals surface area contributed by atoms with Crippen LogP contribution in [-0.2, 0) is 9.53 Å². The number of thiophene rings is 1. The summed E-state index contributed by atoms with van der Waals surface area (Å²) in [7, 11) is 1.33. The molecular weight excluding hydrogens is 458 g/mol. The normalized spacial score (nSPS) is 10.8. The van der Waals surface area contributed by atoms with Gasteiger partial charge in [-0.15, -0.1) is 11.3 Å². The van der Waals surface area contributed by atoms with Crippen LogP contribution in [-0.4, -0.2) is 25.6 Å². The summed E-state index contributed by atoms with van der Waals surface area (Å²) in [5, 5.41) is 3.92. The molecule has 3 rings (SSSR count). The average Bonchev–Trinajstić information content (AvgIpc) is 3.11. The van der Waals surface area contributed by atoms with Gasteiger partial charge in [-0.25, -0.2) is 4.79 Å². The molecule has 0 aliphatic heterocycles. The lowest BCUT2D eigenvalue weighted by molar-refractivity contribution is -0.116. The Hall–Kier alpha value is -2.83. The fraction of sp³-hybridized carbons (Fsp3) is 0.308. The first-order valence-electron chi connectivity index (χ1n) is 10.8. The summed E-state index contributed by atoms with van der Waals surface area (Å²) in [5.41, 5.74) is 3.12. The van der Waals surface area contributed by atoms with Crippen LogP contribution >= 0.6 is 22.9 Å². The molecule has 2 aromatic carbocycles. The van der Waals surface area contributed by atoms with E-state index in [1.807, 2.05) is 31.2 Å². The number of benzene rings is 2. The monoisotopic (exact) mass is 485 g/mol. The molecule has 0 aliphatic carbocycles. The minimum absolute atomic E-state index is 0.183. The van der Waals surface area contributed by atoms with Gasteiger partial charge in [0.2, 0.25) is 5.91 Å². The number of hydrogen-bond donors (Lipinski definition) is 1. The molecule has 1 amide bonds. The minimum Gasteiger partial charge on any atom is -0.494 e. The van der Waals surface area contributed by atoms with Crippen LogP contribution in [0.1, 0.15) is 53.4 Å². The van der Waals surface area contributed by atoms with Crippen LogP contribution in [0.3, 0.4) is 0 Å². The zero-order valence-corrected chi connectivity index (χ0v) is 20.8. The second kappa shape index (κ2) is 11.3. The largest absolute Gasteiger partial charge is 0.494 e. The topological polar surface area (TPSA) is 64.6 Å². The molecular formula is C26H28ClNO4S. The summed E-state index contributed by atoms with van der Waals surface area (Å²) in [6.45, 7) is 6.62. The molecule has 1 N–H and O–H groups in total. The van der Waals surface area contributed by atoms with Crippen molar-refractivity contribution in [2.24, 2.45) is 0 Å². The highest BCUT2D eigenvalue weighted by atomic mass is 35.5. The molecule has 1 heterocycles. The number of ether oxygens (including phenoxy) is 2. The van der Waals surface area contributed by atoms with E-state index in [-0.39, 0.29) is 12.3 Å². The molecule has 0 atom stereocenters. The lowest BCUT2D eigenvalue weighted by Crippen LogP contribution is -2.15. The van der Waals surface area contributed by atoms with Crippen molar-refractivity contribution in [2.45, 2.75) is 39.5 Å². The van der Waals surface area contributed by atoms with E-state index < -0.39 is 5.97 Å². The first kappa shape index (κ1) is 24.8. The molecule has 0 fully saturated rings. The molecule has 5 nitrogen and oxygen atoms in total. The predicted octanol–water partition coefficient (Wildman–Crippen LogP) is 7.08. The van der Waals surface area contributed by atoms with Crippen LogP contribution in [0.25, 0.3) is 11.1 Å². The van der Waals surface area contributed by atoms with Crippen molar-refractivity contribution in [2.75, 3.05) is 19.0 Å². The molecule has 0 bridgehead atoms. The molecule has 0 saturated heterocycles. The molecule has 0 unspecified atom stereocenters. The third-order valence-electron chi connectivity index (χ3n) is 5.20. The average molecular weight is 486 g/mol. The fourth-order valence-corrected chi connectivity index (χ4v) is 4.75. The maximum atomic E-state index is 12.6. The van der Waals surface area contributed by atoms with Gasteiger partial charge in [-0.05, 0) is 54.7 Å². The van der Waals surface area contributed by atoms with Gasteiger partial charge in [0.05, 0.1) is 13.7 Å². The molecule has 0 radical (unpaired) electrons. The van der Waals surface area contributed by atoms with Gasteiger partial charge >= 0.3 is 5.97 Å². The summed E-state index contributed by atoms with van der Waals surface area (Å²) >= 11 is 7.49. The Morgan fingerprint density at radius 2 is 1.85 bits per heavy atom. The number of amides is 1. The highest BCUT2D eigenvalue weighted by molar-refractivity contribution is 7.17. The van der Waals surface area contributed by atoms with Gasteiger partial charge < -0.3 is 14.8 Å². The van der Waals surface area contributed by atoms with Gasteiger partial charge in [0.15, 0.2) is 0 Å². The van der Waals surface area contributed by atoms with Gasteiger partial charge in [0.25, 0.3) is 0 Å². The van der Waals surface area contributed by atoms with Crippen molar-refractivity contribution in [1.82, 2.24) is 0 Å². The van der Waals surface area contributed by atoms with E-state index in [9.17, 15) is 9.59 Å². The molecule has 3 aromatic rings. The summed E-state index contributed by atoms with van der Waals surface area (Å²) < 4.78 is 10.7. The van der Waals surface area contributed by atoms with E-state index in [1.165, 1.54) is 24.0 Å². The van der Waals surface area contributed by atoms with E-state index in [0.29, 0.717) is 34.5 Å². The van der Waals surface area contributed by atoms with Crippen LogP contribution in [0.4, 0.5) is 5.00 Å². The molecule has 0 spiro atoms. The Bertz CT molecular complexity index is 1120.